The number of aryl methyl sites for hydroxylation is 2. The van der Waals surface area contributed by atoms with Crippen molar-refractivity contribution in [3.63, 3.8) is 0 Å². The third kappa shape index (κ3) is 2.21. The van der Waals surface area contributed by atoms with Gasteiger partial charge in [0, 0.05) is 7.05 Å². The summed E-state index contributed by atoms with van der Waals surface area (Å²) < 4.78 is 17.2. The predicted octanol–water partition coefficient (Wildman–Crippen LogP) is 3.76. The van der Waals surface area contributed by atoms with Crippen LogP contribution in [-0.4, -0.2) is 19.3 Å². The van der Waals surface area contributed by atoms with Gasteiger partial charge in [-0.2, -0.15) is 5.10 Å². The molecule has 0 saturated carbocycles. The van der Waals surface area contributed by atoms with E-state index in [1.54, 1.807) is 10.7 Å². The van der Waals surface area contributed by atoms with E-state index in [0.29, 0.717) is 11.5 Å². The van der Waals surface area contributed by atoms with Crippen LogP contribution in [0.5, 0.6) is 0 Å². The molecule has 0 aliphatic carbocycles. The van der Waals surface area contributed by atoms with E-state index in [0.717, 1.165) is 23.3 Å². The zero-order valence-electron chi connectivity index (χ0n) is 12.1. The van der Waals surface area contributed by atoms with Gasteiger partial charge in [-0.1, -0.05) is 13.0 Å². The molecule has 1 aromatic carbocycles. The molecule has 1 unspecified atom stereocenters. The van der Waals surface area contributed by atoms with Gasteiger partial charge in [0.1, 0.15) is 17.2 Å². The minimum Gasteiger partial charge on any atom is -0.280 e. The molecule has 0 saturated heterocycles. The molecule has 0 aliphatic rings. The standard InChI is InChI=1S/C15H16ClFN4/c1-4-12-13-15(20(3)19-12)21(14(18-13)9(2)16)11-7-5-6-10(17)8-11/h5-9H,4H2,1-3H3. The van der Waals surface area contributed by atoms with Crippen LogP contribution in [0.15, 0.2) is 24.3 Å². The highest BCUT2D eigenvalue weighted by Gasteiger charge is 2.22. The van der Waals surface area contributed by atoms with Gasteiger partial charge in [0.05, 0.1) is 16.8 Å². The molecule has 2 aromatic heterocycles. The Labute approximate surface area is 127 Å². The lowest BCUT2D eigenvalue weighted by Gasteiger charge is -2.11. The van der Waals surface area contributed by atoms with E-state index >= 15 is 0 Å². The van der Waals surface area contributed by atoms with Crippen molar-refractivity contribution in [2.24, 2.45) is 7.05 Å². The fraction of sp³-hybridized carbons (Fsp3) is 0.333. The van der Waals surface area contributed by atoms with E-state index in [-0.39, 0.29) is 11.2 Å². The summed E-state index contributed by atoms with van der Waals surface area (Å²) in [5.41, 5.74) is 3.28. The first-order chi connectivity index (χ1) is 10.0. The van der Waals surface area contributed by atoms with Crippen molar-refractivity contribution in [1.82, 2.24) is 19.3 Å². The summed E-state index contributed by atoms with van der Waals surface area (Å²) in [6.07, 6.45) is 0.785. The molecule has 0 amide bonds. The summed E-state index contributed by atoms with van der Waals surface area (Å²) in [5.74, 6) is 0.403. The fourth-order valence-corrected chi connectivity index (χ4v) is 2.72. The van der Waals surface area contributed by atoms with Gasteiger partial charge in [-0.05, 0) is 31.5 Å². The minimum atomic E-state index is -0.291. The molecule has 2 heterocycles. The number of halogens is 2. The summed E-state index contributed by atoms with van der Waals surface area (Å²) in [5, 5.41) is 4.19. The Balaban J connectivity index is 2.38. The first-order valence-electron chi connectivity index (χ1n) is 6.87. The van der Waals surface area contributed by atoms with Crippen molar-refractivity contribution in [2.45, 2.75) is 25.6 Å². The maximum absolute atomic E-state index is 13.6. The van der Waals surface area contributed by atoms with Gasteiger partial charge < -0.3 is 0 Å². The number of fused-ring (bicyclic) bond motifs is 1. The first-order valence-corrected chi connectivity index (χ1v) is 7.30. The molecule has 21 heavy (non-hydrogen) atoms. The number of hydrogen-bond donors (Lipinski definition) is 0. The van der Waals surface area contributed by atoms with Crippen LogP contribution >= 0.6 is 11.6 Å². The maximum Gasteiger partial charge on any atom is 0.163 e. The molecular weight excluding hydrogens is 291 g/mol. The van der Waals surface area contributed by atoms with Crippen LogP contribution in [0.25, 0.3) is 16.9 Å². The molecular formula is C15H16ClFN4. The molecule has 6 heteroatoms. The molecule has 0 radical (unpaired) electrons. The molecule has 0 bridgehead atoms. The zero-order valence-corrected chi connectivity index (χ0v) is 12.9. The highest BCUT2D eigenvalue weighted by Crippen LogP contribution is 2.29. The van der Waals surface area contributed by atoms with Crippen LogP contribution in [0, 0.1) is 5.82 Å². The van der Waals surface area contributed by atoms with Crippen LogP contribution in [0.3, 0.4) is 0 Å². The largest absolute Gasteiger partial charge is 0.280 e. The quantitative estimate of drug-likeness (QED) is 0.691. The van der Waals surface area contributed by atoms with E-state index in [2.05, 4.69) is 10.1 Å². The first kappa shape index (κ1) is 14.1. The van der Waals surface area contributed by atoms with Gasteiger partial charge in [0.15, 0.2) is 5.65 Å². The van der Waals surface area contributed by atoms with Gasteiger partial charge in [0.25, 0.3) is 0 Å². The van der Waals surface area contributed by atoms with E-state index in [4.69, 9.17) is 11.6 Å². The summed E-state index contributed by atoms with van der Waals surface area (Å²) in [7, 11) is 1.86. The Morgan fingerprint density at radius 1 is 1.38 bits per heavy atom. The summed E-state index contributed by atoms with van der Waals surface area (Å²) >= 11 is 6.27. The van der Waals surface area contributed by atoms with Gasteiger partial charge >= 0.3 is 0 Å². The number of benzene rings is 1. The van der Waals surface area contributed by atoms with Gasteiger partial charge in [-0.3, -0.25) is 4.57 Å². The molecule has 3 aromatic rings. The second kappa shape index (κ2) is 5.15. The van der Waals surface area contributed by atoms with Crippen LogP contribution in [-0.2, 0) is 13.5 Å². The van der Waals surface area contributed by atoms with Crippen molar-refractivity contribution in [3.8, 4) is 5.69 Å². The van der Waals surface area contributed by atoms with E-state index in [1.165, 1.54) is 12.1 Å². The number of hydrogen-bond acceptors (Lipinski definition) is 2. The minimum absolute atomic E-state index is 0.287. The lowest BCUT2D eigenvalue weighted by atomic mass is 10.3. The van der Waals surface area contributed by atoms with E-state index in [9.17, 15) is 4.39 Å². The number of imidazole rings is 1. The summed E-state index contributed by atoms with van der Waals surface area (Å²) in [6.45, 7) is 3.89. The summed E-state index contributed by atoms with van der Waals surface area (Å²) in [4.78, 5) is 4.64. The lowest BCUT2D eigenvalue weighted by Crippen LogP contribution is -2.06. The van der Waals surface area contributed by atoms with Crippen molar-refractivity contribution < 1.29 is 4.39 Å². The fourth-order valence-electron chi connectivity index (χ4n) is 2.57. The molecule has 0 spiro atoms. The van der Waals surface area contributed by atoms with Crippen molar-refractivity contribution in [1.29, 1.82) is 0 Å². The highest BCUT2D eigenvalue weighted by atomic mass is 35.5. The zero-order chi connectivity index (χ0) is 15.1. The van der Waals surface area contributed by atoms with E-state index in [1.807, 2.05) is 31.5 Å². The molecule has 0 fully saturated rings. The van der Waals surface area contributed by atoms with Crippen LogP contribution in [0.1, 0.15) is 30.7 Å². The Morgan fingerprint density at radius 3 is 2.76 bits per heavy atom. The Kier molecular flexibility index (Phi) is 3.45. The summed E-state index contributed by atoms with van der Waals surface area (Å²) in [6, 6.07) is 6.41. The van der Waals surface area contributed by atoms with E-state index < -0.39 is 0 Å². The Hall–Kier alpha value is -1.88. The van der Waals surface area contributed by atoms with Crippen molar-refractivity contribution in [2.75, 3.05) is 0 Å². The molecule has 4 nitrogen and oxygen atoms in total. The van der Waals surface area contributed by atoms with Gasteiger partial charge in [0.2, 0.25) is 0 Å². The third-order valence-corrected chi connectivity index (χ3v) is 3.68. The van der Waals surface area contributed by atoms with Crippen LogP contribution in [0.4, 0.5) is 4.39 Å². The molecule has 110 valence electrons. The molecule has 3 rings (SSSR count). The highest BCUT2D eigenvalue weighted by molar-refractivity contribution is 6.20. The predicted molar refractivity (Wildman–Crippen MR) is 81.4 cm³/mol. The molecule has 0 N–H and O–H groups in total. The normalized spacial score (nSPS) is 13.0. The van der Waals surface area contributed by atoms with Crippen LogP contribution in [0.2, 0.25) is 0 Å². The van der Waals surface area contributed by atoms with Gasteiger partial charge in [-0.25, -0.2) is 14.1 Å². The average molecular weight is 307 g/mol. The second-order valence-corrected chi connectivity index (χ2v) is 5.65. The number of aromatic nitrogens is 4. The second-order valence-electron chi connectivity index (χ2n) is 5.00. The van der Waals surface area contributed by atoms with Gasteiger partial charge in [-0.15, -0.1) is 11.6 Å². The number of rotatable bonds is 3. The van der Waals surface area contributed by atoms with Crippen molar-refractivity contribution >= 4 is 22.8 Å². The monoisotopic (exact) mass is 306 g/mol. The lowest BCUT2D eigenvalue weighted by molar-refractivity contribution is 0.626. The Bertz CT molecular complexity index is 803. The molecule has 0 aliphatic heterocycles. The third-order valence-electron chi connectivity index (χ3n) is 3.49. The molecule has 1 atom stereocenters. The van der Waals surface area contributed by atoms with Crippen molar-refractivity contribution in [3.05, 3.63) is 41.6 Å². The number of nitrogens with zero attached hydrogens (tertiary/aromatic N) is 4. The smallest absolute Gasteiger partial charge is 0.163 e. The maximum atomic E-state index is 13.6. The average Bonchev–Trinajstić information content (AvgIpc) is 2.97. The topological polar surface area (TPSA) is 35.6 Å². The number of alkyl halides is 1. The Morgan fingerprint density at radius 2 is 2.14 bits per heavy atom. The van der Waals surface area contributed by atoms with Crippen LogP contribution < -0.4 is 0 Å². The SMILES string of the molecule is CCc1nn(C)c2c1nc(C(C)Cl)n2-c1cccc(F)c1.